The topological polar surface area (TPSA) is 41.1 Å². The summed E-state index contributed by atoms with van der Waals surface area (Å²) in [5, 5.41) is 0. The van der Waals surface area contributed by atoms with Gasteiger partial charge < -0.3 is 0 Å². The molecule has 1 amide bonds. The highest BCUT2D eigenvalue weighted by Crippen LogP contribution is 2.50. The van der Waals surface area contributed by atoms with Gasteiger partial charge in [0.25, 0.3) is 0 Å². The van der Waals surface area contributed by atoms with Crippen molar-refractivity contribution in [3.63, 3.8) is 0 Å². The van der Waals surface area contributed by atoms with E-state index in [1.165, 1.54) is 12.1 Å². The standard InChI is InChI=1S/C17H14BrF3N2O/c18-10-5-7-11(8-6-10)22-23-16(24)14-9-13(14)12-3-1-2-4-15(12)17(19,20)21/h1-8,13-14,22H,9H2,(H,23,24)/t13-,14+/m1/s1. The molecule has 7 heteroatoms. The van der Waals surface area contributed by atoms with E-state index in [2.05, 4.69) is 26.8 Å². The molecule has 1 saturated carbocycles. The van der Waals surface area contributed by atoms with Crippen LogP contribution in [-0.2, 0) is 11.0 Å². The third-order valence-corrected chi connectivity index (χ3v) is 4.50. The molecule has 2 aromatic carbocycles. The van der Waals surface area contributed by atoms with E-state index in [0.717, 1.165) is 10.5 Å². The van der Waals surface area contributed by atoms with Crippen molar-refractivity contribution in [3.05, 3.63) is 64.1 Å². The SMILES string of the molecule is O=C(NNc1ccc(Br)cc1)[C@H]1C[C@@H]1c1ccccc1C(F)(F)F. The van der Waals surface area contributed by atoms with E-state index < -0.39 is 23.6 Å². The summed E-state index contributed by atoms with van der Waals surface area (Å²) in [6, 6.07) is 12.6. The van der Waals surface area contributed by atoms with Crippen molar-refractivity contribution in [2.45, 2.75) is 18.5 Å². The Balaban J connectivity index is 1.63. The van der Waals surface area contributed by atoms with E-state index in [9.17, 15) is 18.0 Å². The maximum Gasteiger partial charge on any atom is 0.416 e. The van der Waals surface area contributed by atoms with Crippen molar-refractivity contribution in [1.29, 1.82) is 0 Å². The Morgan fingerprint density at radius 1 is 1.08 bits per heavy atom. The van der Waals surface area contributed by atoms with Crippen molar-refractivity contribution in [3.8, 4) is 0 Å². The molecule has 24 heavy (non-hydrogen) atoms. The van der Waals surface area contributed by atoms with E-state index in [1.54, 1.807) is 18.2 Å². The van der Waals surface area contributed by atoms with Crippen molar-refractivity contribution < 1.29 is 18.0 Å². The predicted octanol–water partition coefficient (Wildman–Crippen LogP) is 4.71. The molecule has 126 valence electrons. The number of hydrazine groups is 1. The van der Waals surface area contributed by atoms with Crippen molar-refractivity contribution in [1.82, 2.24) is 5.43 Å². The lowest BCUT2D eigenvalue weighted by molar-refractivity contribution is -0.138. The molecule has 1 aliphatic carbocycles. The van der Waals surface area contributed by atoms with Crippen molar-refractivity contribution in [2.75, 3.05) is 5.43 Å². The Morgan fingerprint density at radius 3 is 2.42 bits per heavy atom. The average Bonchev–Trinajstić information content (AvgIpc) is 3.34. The molecule has 3 nitrogen and oxygen atoms in total. The maximum atomic E-state index is 13.0. The van der Waals surface area contributed by atoms with Gasteiger partial charge in [-0.2, -0.15) is 13.2 Å². The molecule has 2 N–H and O–H groups in total. The predicted molar refractivity (Wildman–Crippen MR) is 88.2 cm³/mol. The molecule has 0 spiro atoms. The lowest BCUT2D eigenvalue weighted by Gasteiger charge is -2.13. The van der Waals surface area contributed by atoms with Crippen molar-refractivity contribution >= 4 is 27.5 Å². The van der Waals surface area contributed by atoms with Gasteiger partial charge in [0.15, 0.2) is 0 Å². The minimum atomic E-state index is -4.41. The third-order valence-electron chi connectivity index (χ3n) is 3.97. The number of hydrogen-bond acceptors (Lipinski definition) is 2. The molecular formula is C17H14BrF3N2O. The number of rotatable bonds is 4. The summed E-state index contributed by atoms with van der Waals surface area (Å²) in [5.41, 5.74) is 5.54. The van der Waals surface area contributed by atoms with E-state index in [0.29, 0.717) is 12.1 Å². The first-order valence-electron chi connectivity index (χ1n) is 7.34. The monoisotopic (exact) mass is 398 g/mol. The lowest BCUT2D eigenvalue weighted by Crippen LogP contribution is -2.31. The molecule has 1 aliphatic rings. The van der Waals surface area contributed by atoms with Gasteiger partial charge in [-0.25, -0.2) is 0 Å². The quantitative estimate of drug-likeness (QED) is 0.731. The van der Waals surface area contributed by atoms with Crippen LogP contribution in [-0.4, -0.2) is 5.91 Å². The smallest absolute Gasteiger partial charge is 0.299 e. The highest BCUT2D eigenvalue weighted by atomic mass is 79.9. The molecule has 3 rings (SSSR count). The van der Waals surface area contributed by atoms with Crippen LogP contribution in [0.4, 0.5) is 18.9 Å². The van der Waals surface area contributed by atoms with Crippen LogP contribution in [0.15, 0.2) is 53.0 Å². The summed E-state index contributed by atoms with van der Waals surface area (Å²) in [7, 11) is 0. The Labute approximate surface area is 145 Å². The van der Waals surface area contributed by atoms with Gasteiger partial charge in [-0.3, -0.25) is 15.6 Å². The van der Waals surface area contributed by atoms with E-state index >= 15 is 0 Å². The maximum absolute atomic E-state index is 13.0. The van der Waals surface area contributed by atoms with Gasteiger partial charge in [0.05, 0.1) is 11.3 Å². The minimum Gasteiger partial charge on any atom is -0.299 e. The zero-order chi connectivity index (χ0) is 17.3. The number of halogens is 4. The minimum absolute atomic E-state index is 0.189. The number of carbonyl (C=O) groups excluding carboxylic acids is 1. The summed E-state index contributed by atoms with van der Waals surface area (Å²) in [5.74, 6) is -1.15. The fourth-order valence-electron chi connectivity index (χ4n) is 2.67. The van der Waals surface area contributed by atoms with Crippen LogP contribution < -0.4 is 10.9 Å². The zero-order valence-corrected chi connectivity index (χ0v) is 14.0. The fraction of sp³-hybridized carbons (Fsp3) is 0.235. The second-order valence-corrected chi connectivity index (χ2v) is 6.57. The van der Waals surface area contributed by atoms with Crippen LogP contribution in [0.5, 0.6) is 0 Å². The van der Waals surface area contributed by atoms with Gasteiger partial charge in [-0.1, -0.05) is 34.1 Å². The Hall–Kier alpha value is -2.02. The number of anilines is 1. The average molecular weight is 399 g/mol. The van der Waals surface area contributed by atoms with E-state index in [4.69, 9.17) is 0 Å². The normalized spacial score (nSPS) is 19.7. The molecule has 0 radical (unpaired) electrons. The summed E-state index contributed by atoms with van der Waals surface area (Å²) >= 11 is 3.31. The summed E-state index contributed by atoms with van der Waals surface area (Å²) < 4.78 is 40.1. The molecular weight excluding hydrogens is 385 g/mol. The van der Waals surface area contributed by atoms with Crippen LogP contribution in [0.1, 0.15) is 23.5 Å². The van der Waals surface area contributed by atoms with Crippen LogP contribution in [0.2, 0.25) is 0 Å². The number of carbonyl (C=O) groups is 1. The first kappa shape index (κ1) is 16.8. The third kappa shape index (κ3) is 3.72. The Kier molecular flexibility index (Phi) is 4.54. The second kappa shape index (κ2) is 6.47. The van der Waals surface area contributed by atoms with Gasteiger partial charge in [0.2, 0.25) is 5.91 Å². The fourth-order valence-corrected chi connectivity index (χ4v) is 2.93. The molecule has 1 fully saturated rings. The highest BCUT2D eigenvalue weighted by molar-refractivity contribution is 9.10. The summed E-state index contributed by atoms with van der Waals surface area (Å²) in [6.45, 7) is 0. The van der Waals surface area contributed by atoms with Gasteiger partial charge in [-0.15, -0.1) is 0 Å². The van der Waals surface area contributed by atoms with Crippen LogP contribution in [0, 0.1) is 5.92 Å². The van der Waals surface area contributed by atoms with Crippen LogP contribution in [0.3, 0.4) is 0 Å². The number of benzene rings is 2. The number of alkyl halides is 3. The molecule has 0 unspecified atom stereocenters. The highest BCUT2D eigenvalue weighted by Gasteiger charge is 2.47. The largest absolute Gasteiger partial charge is 0.416 e. The second-order valence-electron chi connectivity index (χ2n) is 5.65. The van der Waals surface area contributed by atoms with E-state index in [1.807, 2.05) is 12.1 Å². The molecule has 0 heterocycles. The number of amides is 1. The summed E-state index contributed by atoms with van der Waals surface area (Å²) in [4.78, 5) is 12.1. The Bertz CT molecular complexity index is 746. The number of nitrogens with one attached hydrogen (secondary N) is 2. The first-order valence-corrected chi connectivity index (χ1v) is 8.13. The number of hydrogen-bond donors (Lipinski definition) is 2. The zero-order valence-electron chi connectivity index (χ0n) is 12.4. The summed E-state index contributed by atoms with van der Waals surface area (Å²) in [6.07, 6.45) is -3.99. The van der Waals surface area contributed by atoms with Gasteiger partial charge in [0, 0.05) is 10.4 Å². The van der Waals surface area contributed by atoms with Crippen LogP contribution in [0.25, 0.3) is 0 Å². The van der Waals surface area contributed by atoms with Crippen molar-refractivity contribution in [2.24, 2.45) is 5.92 Å². The molecule has 0 aromatic heterocycles. The molecule has 0 saturated heterocycles. The van der Waals surface area contributed by atoms with Gasteiger partial charge in [-0.05, 0) is 48.2 Å². The lowest BCUT2D eigenvalue weighted by atomic mass is 10.0. The van der Waals surface area contributed by atoms with Crippen LogP contribution >= 0.6 is 15.9 Å². The molecule has 2 atom stereocenters. The molecule has 0 aliphatic heterocycles. The molecule has 2 aromatic rings. The van der Waals surface area contributed by atoms with E-state index in [-0.39, 0.29) is 11.5 Å². The Morgan fingerprint density at radius 2 is 1.75 bits per heavy atom. The molecule has 0 bridgehead atoms. The first-order chi connectivity index (χ1) is 11.4. The van der Waals surface area contributed by atoms with Gasteiger partial charge in [0.1, 0.15) is 0 Å². The van der Waals surface area contributed by atoms with Gasteiger partial charge >= 0.3 is 6.18 Å².